The van der Waals surface area contributed by atoms with Gasteiger partial charge < -0.3 is 9.84 Å². The summed E-state index contributed by atoms with van der Waals surface area (Å²) in [5, 5.41) is 9.13. The highest BCUT2D eigenvalue weighted by molar-refractivity contribution is 5.74. The van der Waals surface area contributed by atoms with Crippen LogP contribution >= 0.6 is 0 Å². The Morgan fingerprint density at radius 3 is 2.18 bits per heavy atom. The summed E-state index contributed by atoms with van der Waals surface area (Å²) < 4.78 is 4.93. The zero-order valence-electron chi connectivity index (χ0n) is 11.6. The largest absolute Gasteiger partial charge is 0.479 e. The van der Waals surface area contributed by atoms with Gasteiger partial charge in [-0.05, 0) is 11.1 Å². The Hall–Kier alpha value is -2.86. The summed E-state index contributed by atoms with van der Waals surface area (Å²) >= 11 is 0. The van der Waals surface area contributed by atoms with Crippen molar-refractivity contribution in [1.29, 1.82) is 0 Å². The molecular weight excluding hydrogens is 286 g/mol. The highest BCUT2D eigenvalue weighted by Gasteiger charge is 2.22. The van der Waals surface area contributed by atoms with E-state index in [2.05, 4.69) is 0 Å². The third kappa shape index (κ3) is 4.60. The van der Waals surface area contributed by atoms with Gasteiger partial charge in [-0.1, -0.05) is 60.7 Å². The molecule has 0 aliphatic heterocycles. The summed E-state index contributed by atoms with van der Waals surface area (Å²) in [6.07, 6.45) is -2.16. The molecule has 0 aliphatic carbocycles. The van der Waals surface area contributed by atoms with Crippen LogP contribution in [0.15, 0.2) is 60.7 Å². The first-order valence-electron chi connectivity index (χ1n) is 6.57. The van der Waals surface area contributed by atoms with Crippen molar-refractivity contribution in [1.82, 2.24) is 5.48 Å². The number of carbonyl (C=O) groups excluding carboxylic acids is 1. The summed E-state index contributed by atoms with van der Waals surface area (Å²) in [6, 6.07) is 17.4. The number of carbonyl (C=O) groups is 2. The number of carboxylic acid groups (broad SMARTS) is 1. The van der Waals surface area contributed by atoms with Crippen molar-refractivity contribution < 1.29 is 24.3 Å². The maximum absolute atomic E-state index is 11.5. The monoisotopic (exact) mass is 301 g/mol. The first-order valence-corrected chi connectivity index (χ1v) is 6.57. The van der Waals surface area contributed by atoms with Gasteiger partial charge in [-0.2, -0.15) is 5.48 Å². The molecule has 2 N–H and O–H groups in total. The zero-order valence-corrected chi connectivity index (χ0v) is 11.6. The molecule has 0 fully saturated rings. The molecule has 2 aromatic carbocycles. The highest BCUT2D eigenvalue weighted by Crippen LogP contribution is 2.16. The van der Waals surface area contributed by atoms with Crippen LogP contribution in [0.2, 0.25) is 0 Å². The average Bonchev–Trinajstić information content (AvgIpc) is 2.55. The van der Waals surface area contributed by atoms with Crippen molar-refractivity contribution >= 4 is 12.1 Å². The van der Waals surface area contributed by atoms with Crippen molar-refractivity contribution in [3.05, 3.63) is 71.8 Å². The lowest BCUT2D eigenvalue weighted by atomic mass is 10.1. The Kier molecular flexibility index (Phi) is 5.50. The van der Waals surface area contributed by atoms with Gasteiger partial charge in [0.1, 0.15) is 6.61 Å². The maximum atomic E-state index is 11.5. The van der Waals surface area contributed by atoms with E-state index in [1.807, 2.05) is 23.7 Å². The SMILES string of the molecule is O=C(NO[C@H](C(=O)O)c1ccccc1)OCc1ccccc1. The highest BCUT2D eigenvalue weighted by atomic mass is 16.7. The predicted molar refractivity (Wildman–Crippen MR) is 77.7 cm³/mol. The van der Waals surface area contributed by atoms with Crippen LogP contribution in [0.4, 0.5) is 4.79 Å². The first-order chi connectivity index (χ1) is 10.7. The van der Waals surface area contributed by atoms with Gasteiger partial charge in [-0.15, -0.1) is 0 Å². The zero-order chi connectivity index (χ0) is 15.8. The van der Waals surface area contributed by atoms with Crippen LogP contribution in [0.3, 0.4) is 0 Å². The number of rotatable bonds is 6. The summed E-state index contributed by atoms with van der Waals surface area (Å²) in [6.45, 7) is 0.0686. The Labute approximate surface area is 127 Å². The first kappa shape index (κ1) is 15.5. The van der Waals surface area contributed by atoms with E-state index < -0.39 is 18.2 Å². The van der Waals surface area contributed by atoms with Gasteiger partial charge in [0, 0.05) is 0 Å². The number of ether oxygens (including phenoxy) is 1. The topological polar surface area (TPSA) is 84.9 Å². The van der Waals surface area contributed by atoms with Gasteiger partial charge in [0.2, 0.25) is 6.10 Å². The molecule has 2 rings (SSSR count). The Bertz CT molecular complexity index is 615. The number of nitrogens with one attached hydrogen (secondary N) is 1. The minimum atomic E-state index is -1.30. The van der Waals surface area contributed by atoms with Crippen LogP contribution in [0.25, 0.3) is 0 Å². The lowest BCUT2D eigenvalue weighted by Crippen LogP contribution is -2.29. The number of amides is 1. The molecule has 0 aromatic heterocycles. The number of carboxylic acids is 1. The van der Waals surface area contributed by atoms with E-state index in [1.54, 1.807) is 42.5 Å². The fraction of sp³-hybridized carbons (Fsp3) is 0.125. The van der Waals surface area contributed by atoms with E-state index in [9.17, 15) is 9.59 Å². The van der Waals surface area contributed by atoms with Gasteiger partial charge in [0.05, 0.1) is 0 Å². The number of benzene rings is 2. The molecule has 1 amide bonds. The molecule has 0 saturated carbocycles. The molecule has 0 aliphatic rings. The van der Waals surface area contributed by atoms with E-state index >= 15 is 0 Å². The van der Waals surface area contributed by atoms with Crippen LogP contribution < -0.4 is 5.48 Å². The number of hydroxylamine groups is 1. The van der Waals surface area contributed by atoms with Crippen molar-refractivity contribution in [2.45, 2.75) is 12.7 Å². The Morgan fingerprint density at radius 1 is 1.00 bits per heavy atom. The van der Waals surface area contributed by atoms with E-state index in [0.717, 1.165) is 5.56 Å². The molecule has 22 heavy (non-hydrogen) atoms. The van der Waals surface area contributed by atoms with Crippen LogP contribution in [0.1, 0.15) is 17.2 Å². The van der Waals surface area contributed by atoms with Crippen molar-refractivity contribution in [3.8, 4) is 0 Å². The predicted octanol–water partition coefficient (Wildman–Crippen LogP) is 2.67. The molecule has 1 atom stereocenters. The van der Waals surface area contributed by atoms with Crippen molar-refractivity contribution in [2.24, 2.45) is 0 Å². The lowest BCUT2D eigenvalue weighted by Gasteiger charge is -2.14. The standard InChI is InChI=1S/C16H15NO5/c18-15(19)14(13-9-5-2-6-10-13)22-17-16(20)21-11-12-7-3-1-4-8-12/h1-10,14H,11H2,(H,17,20)(H,18,19)/t14-/m0/s1. The van der Waals surface area contributed by atoms with E-state index in [0.29, 0.717) is 5.56 Å². The van der Waals surface area contributed by atoms with E-state index in [4.69, 9.17) is 14.7 Å². The van der Waals surface area contributed by atoms with Gasteiger partial charge in [0.25, 0.3) is 0 Å². The van der Waals surface area contributed by atoms with E-state index in [1.165, 1.54) is 0 Å². The molecule has 0 bridgehead atoms. The molecule has 2 aromatic rings. The Morgan fingerprint density at radius 2 is 1.59 bits per heavy atom. The molecular formula is C16H15NO5. The molecule has 0 spiro atoms. The van der Waals surface area contributed by atoms with Crippen LogP contribution in [-0.2, 0) is 21.0 Å². The second-order valence-corrected chi connectivity index (χ2v) is 4.41. The van der Waals surface area contributed by atoms with Crippen LogP contribution in [0.5, 0.6) is 0 Å². The maximum Gasteiger partial charge on any atom is 0.431 e. The quantitative estimate of drug-likeness (QED) is 0.801. The molecule has 0 heterocycles. The summed E-state index contributed by atoms with van der Waals surface area (Å²) in [5.41, 5.74) is 3.22. The van der Waals surface area contributed by atoms with Crippen LogP contribution in [0, 0.1) is 0 Å². The molecule has 0 saturated heterocycles. The summed E-state index contributed by atoms with van der Waals surface area (Å²) in [5.74, 6) is -1.21. The third-order valence-corrected chi connectivity index (χ3v) is 2.80. The second kappa shape index (κ2) is 7.80. The van der Waals surface area contributed by atoms with Gasteiger partial charge in [0.15, 0.2) is 0 Å². The fourth-order valence-corrected chi connectivity index (χ4v) is 1.75. The second-order valence-electron chi connectivity index (χ2n) is 4.41. The minimum absolute atomic E-state index is 0.0686. The lowest BCUT2D eigenvalue weighted by molar-refractivity contribution is -0.155. The van der Waals surface area contributed by atoms with Gasteiger partial charge >= 0.3 is 12.1 Å². The smallest absolute Gasteiger partial charge is 0.431 e. The van der Waals surface area contributed by atoms with Crippen molar-refractivity contribution in [3.63, 3.8) is 0 Å². The molecule has 0 unspecified atom stereocenters. The third-order valence-electron chi connectivity index (χ3n) is 2.80. The Balaban J connectivity index is 1.85. The number of aliphatic carboxylic acids is 1. The van der Waals surface area contributed by atoms with Gasteiger partial charge in [-0.3, -0.25) is 4.84 Å². The normalized spacial score (nSPS) is 11.5. The van der Waals surface area contributed by atoms with Gasteiger partial charge in [-0.25, -0.2) is 9.59 Å². The molecule has 6 nitrogen and oxygen atoms in total. The van der Waals surface area contributed by atoms with Crippen molar-refractivity contribution in [2.75, 3.05) is 0 Å². The molecule has 0 radical (unpaired) electrons. The number of hydrogen-bond acceptors (Lipinski definition) is 4. The van der Waals surface area contributed by atoms with Crippen LogP contribution in [-0.4, -0.2) is 17.2 Å². The minimum Gasteiger partial charge on any atom is -0.479 e. The molecule has 6 heteroatoms. The fourth-order valence-electron chi connectivity index (χ4n) is 1.75. The summed E-state index contributed by atoms with van der Waals surface area (Å²) in [7, 11) is 0. The summed E-state index contributed by atoms with van der Waals surface area (Å²) in [4.78, 5) is 27.6. The number of hydrogen-bond donors (Lipinski definition) is 2. The average molecular weight is 301 g/mol. The molecule has 114 valence electrons. The van der Waals surface area contributed by atoms with E-state index in [-0.39, 0.29) is 6.61 Å².